The number of H-pyrrole nitrogens is 2. The second kappa shape index (κ2) is 6.75. The third kappa shape index (κ3) is 2.96. The Labute approximate surface area is 179 Å². The lowest BCUT2D eigenvalue weighted by atomic mass is 10.1. The van der Waals surface area contributed by atoms with E-state index in [1.807, 2.05) is 36.4 Å². The number of aromatic nitrogens is 5. The maximum atomic E-state index is 13.6. The number of aromatic hydroxyl groups is 1. The highest BCUT2D eigenvalue weighted by atomic mass is 32.1. The highest BCUT2D eigenvalue weighted by Gasteiger charge is 2.16. The lowest BCUT2D eigenvalue weighted by Gasteiger charge is -2.01. The van der Waals surface area contributed by atoms with Crippen LogP contribution in [0.25, 0.3) is 55.0 Å². The van der Waals surface area contributed by atoms with Crippen molar-refractivity contribution in [2.75, 3.05) is 0 Å². The molecule has 0 radical (unpaired) electrons. The topological polar surface area (TPSA) is 90.5 Å². The van der Waals surface area contributed by atoms with E-state index in [4.69, 9.17) is 4.98 Å². The summed E-state index contributed by atoms with van der Waals surface area (Å²) in [5.41, 5.74) is 6.30. The van der Waals surface area contributed by atoms with Gasteiger partial charge in [-0.3, -0.25) is 10.1 Å². The van der Waals surface area contributed by atoms with E-state index in [2.05, 4.69) is 20.2 Å². The van der Waals surface area contributed by atoms with Crippen LogP contribution in [0, 0.1) is 5.13 Å². The number of nitrogens with zero attached hydrogens (tertiary/aromatic N) is 3. The third-order valence-corrected chi connectivity index (χ3v) is 6.09. The molecule has 0 saturated heterocycles. The Morgan fingerprint density at radius 2 is 1.90 bits per heavy atom. The molecular weight excluding hydrogens is 413 g/mol. The van der Waals surface area contributed by atoms with E-state index in [0.29, 0.717) is 22.5 Å². The first-order valence-corrected chi connectivity index (χ1v) is 10.3. The summed E-state index contributed by atoms with van der Waals surface area (Å²) in [4.78, 5) is 13.1. The molecule has 0 amide bonds. The number of benzene rings is 1. The van der Waals surface area contributed by atoms with Gasteiger partial charge in [0.15, 0.2) is 5.13 Å². The molecule has 0 fully saturated rings. The van der Waals surface area contributed by atoms with Gasteiger partial charge in [0.05, 0.1) is 23.1 Å². The van der Waals surface area contributed by atoms with Crippen LogP contribution in [0.5, 0.6) is 5.75 Å². The second-order valence-corrected chi connectivity index (χ2v) is 8.18. The number of halogens is 1. The molecule has 5 heterocycles. The van der Waals surface area contributed by atoms with Crippen LogP contribution in [-0.2, 0) is 0 Å². The van der Waals surface area contributed by atoms with Crippen molar-refractivity contribution in [2.24, 2.45) is 0 Å². The van der Waals surface area contributed by atoms with Gasteiger partial charge in [0, 0.05) is 33.1 Å². The maximum Gasteiger partial charge on any atom is 0.176 e. The lowest BCUT2D eigenvalue weighted by molar-refractivity contribution is 0.473. The molecule has 0 atom stereocenters. The molecule has 3 N–H and O–H groups in total. The summed E-state index contributed by atoms with van der Waals surface area (Å²) in [5, 5.41) is 18.0. The second-order valence-electron chi connectivity index (χ2n) is 7.15. The minimum Gasteiger partial charge on any atom is -0.506 e. The fraction of sp³-hybridized carbons (Fsp3) is 0. The Morgan fingerprint density at radius 3 is 2.74 bits per heavy atom. The molecule has 6 rings (SSSR count). The fourth-order valence-corrected chi connectivity index (χ4v) is 4.54. The van der Waals surface area contributed by atoms with Gasteiger partial charge in [0.1, 0.15) is 17.0 Å². The van der Waals surface area contributed by atoms with E-state index < -0.39 is 0 Å². The van der Waals surface area contributed by atoms with Gasteiger partial charge in [-0.15, -0.1) is 11.3 Å². The number of pyridine rings is 2. The summed E-state index contributed by atoms with van der Waals surface area (Å²) in [6.07, 6.45) is 3.04. The smallest absolute Gasteiger partial charge is 0.176 e. The van der Waals surface area contributed by atoms with Gasteiger partial charge in [-0.25, -0.2) is 4.98 Å². The Bertz CT molecular complexity index is 1580. The molecule has 0 aliphatic carbocycles. The molecule has 0 aliphatic rings. The van der Waals surface area contributed by atoms with E-state index in [0.717, 1.165) is 43.9 Å². The zero-order chi connectivity index (χ0) is 20.9. The molecule has 0 aliphatic heterocycles. The first kappa shape index (κ1) is 17.8. The average molecular weight is 427 g/mol. The van der Waals surface area contributed by atoms with Gasteiger partial charge in [-0.05, 0) is 42.5 Å². The summed E-state index contributed by atoms with van der Waals surface area (Å²) in [7, 11) is 0. The van der Waals surface area contributed by atoms with Crippen molar-refractivity contribution in [1.29, 1.82) is 0 Å². The molecule has 5 aromatic heterocycles. The van der Waals surface area contributed by atoms with Crippen molar-refractivity contribution >= 4 is 33.3 Å². The Kier molecular flexibility index (Phi) is 3.87. The largest absolute Gasteiger partial charge is 0.506 e. The van der Waals surface area contributed by atoms with Crippen molar-refractivity contribution < 1.29 is 9.50 Å². The summed E-state index contributed by atoms with van der Waals surface area (Å²) >= 11 is 1.12. The number of thiophene rings is 1. The molecule has 150 valence electrons. The number of rotatable bonds is 3. The summed E-state index contributed by atoms with van der Waals surface area (Å²) in [5.74, 6) is 0.0833. The maximum absolute atomic E-state index is 13.6. The van der Waals surface area contributed by atoms with Crippen LogP contribution in [0.2, 0.25) is 0 Å². The average Bonchev–Trinajstić information content (AvgIpc) is 3.50. The Hall–Kier alpha value is -4.04. The standard InChI is InChI=1S/C23H14FN5OS/c24-21-7-6-20(31-21)14-2-1-3-17-15(14)9-19(26-17)23-22-18(28-29-23)5-4-16(27-22)12-8-13(30)11-25-10-12/h1-11,26,30H,(H,28,29). The molecule has 0 bridgehead atoms. The first-order valence-electron chi connectivity index (χ1n) is 9.53. The van der Waals surface area contributed by atoms with Crippen LogP contribution in [0.3, 0.4) is 0 Å². The SMILES string of the molecule is Oc1cncc(-c2ccc3[nH]nc(-c4cc5c(-c6ccc(F)s6)cccc5[nH]4)c3n2)c1. The van der Waals surface area contributed by atoms with Crippen molar-refractivity contribution in [3.63, 3.8) is 0 Å². The van der Waals surface area contributed by atoms with Crippen molar-refractivity contribution in [1.82, 2.24) is 25.1 Å². The van der Waals surface area contributed by atoms with Crippen LogP contribution < -0.4 is 0 Å². The summed E-state index contributed by atoms with van der Waals surface area (Å²) in [6, 6.07) is 16.6. The van der Waals surface area contributed by atoms with E-state index in [1.54, 1.807) is 18.3 Å². The summed E-state index contributed by atoms with van der Waals surface area (Å²) in [6.45, 7) is 0. The Balaban J connectivity index is 1.51. The van der Waals surface area contributed by atoms with Crippen molar-refractivity contribution in [3.8, 4) is 38.8 Å². The predicted molar refractivity (Wildman–Crippen MR) is 119 cm³/mol. The lowest BCUT2D eigenvalue weighted by Crippen LogP contribution is -1.86. The third-order valence-electron chi connectivity index (χ3n) is 5.19. The molecule has 8 heteroatoms. The zero-order valence-electron chi connectivity index (χ0n) is 15.9. The molecule has 1 aromatic carbocycles. The predicted octanol–water partition coefficient (Wildman–Crippen LogP) is 5.74. The number of fused-ring (bicyclic) bond motifs is 2. The number of nitrogens with one attached hydrogen (secondary N) is 2. The minimum absolute atomic E-state index is 0.0833. The monoisotopic (exact) mass is 427 g/mol. The fourth-order valence-electron chi connectivity index (χ4n) is 3.77. The molecule has 6 aromatic rings. The summed E-state index contributed by atoms with van der Waals surface area (Å²) < 4.78 is 13.6. The number of hydrogen-bond donors (Lipinski definition) is 3. The number of aromatic amines is 2. The van der Waals surface area contributed by atoms with Crippen LogP contribution in [0.1, 0.15) is 0 Å². The zero-order valence-corrected chi connectivity index (χ0v) is 16.7. The van der Waals surface area contributed by atoms with E-state index >= 15 is 0 Å². The molecule has 31 heavy (non-hydrogen) atoms. The molecular formula is C23H14FN5OS. The Morgan fingerprint density at radius 1 is 0.968 bits per heavy atom. The van der Waals surface area contributed by atoms with Gasteiger partial charge in [-0.2, -0.15) is 9.49 Å². The molecule has 0 spiro atoms. The minimum atomic E-state index is -0.209. The van der Waals surface area contributed by atoms with Gasteiger partial charge in [0.25, 0.3) is 0 Å². The van der Waals surface area contributed by atoms with Crippen molar-refractivity contribution in [3.05, 3.63) is 72.1 Å². The van der Waals surface area contributed by atoms with Gasteiger partial charge in [-0.1, -0.05) is 12.1 Å². The van der Waals surface area contributed by atoms with Crippen LogP contribution in [0.4, 0.5) is 4.39 Å². The van der Waals surface area contributed by atoms with Gasteiger partial charge >= 0.3 is 0 Å². The first-order chi connectivity index (χ1) is 15.2. The van der Waals surface area contributed by atoms with Crippen molar-refractivity contribution in [2.45, 2.75) is 0 Å². The van der Waals surface area contributed by atoms with Gasteiger partial charge < -0.3 is 10.1 Å². The molecule has 0 saturated carbocycles. The van der Waals surface area contributed by atoms with Gasteiger partial charge in [0.2, 0.25) is 0 Å². The highest BCUT2D eigenvalue weighted by molar-refractivity contribution is 7.14. The van der Waals surface area contributed by atoms with E-state index in [1.165, 1.54) is 12.3 Å². The van der Waals surface area contributed by atoms with Crippen LogP contribution in [-0.4, -0.2) is 30.3 Å². The van der Waals surface area contributed by atoms with E-state index in [9.17, 15) is 9.50 Å². The van der Waals surface area contributed by atoms with Crippen LogP contribution >= 0.6 is 11.3 Å². The molecule has 0 unspecified atom stereocenters. The number of hydrogen-bond acceptors (Lipinski definition) is 5. The normalized spacial score (nSPS) is 11.5. The quantitative estimate of drug-likeness (QED) is 0.336. The molecule has 6 nitrogen and oxygen atoms in total. The van der Waals surface area contributed by atoms with Crippen LogP contribution in [0.15, 0.2) is 67.0 Å². The highest BCUT2D eigenvalue weighted by Crippen LogP contribution is 2.36. The van der Waals surface area contributed by atoms with E-state index in [-0.39, 0.29) is 10.9 Å².